The largest absolute Gasteiger partial charge is 0.317 e. The van der Waals surface area contributed by atoms with E-state index >= 15 is 0 Å². The first-order valence-corrected chi connectivity index (χ1v) is 3.12. The van der Waals surface area contributed by atoms with Crippen LogP contribution in [0.4, 0.5) is 0 Å². The summed E-state index contributed by atoms with van der Waals surface area (Å²) in [5.74, 6) is 0. The van der Waals surface area contributed by atoms with E-state index in [-0.39, 0.29) is 17.4 Å². The van der Waals surface area contributed by atoms with E-state index in [1.807, 2.05) is 0 Å². The van der Waals surface area contributed by atoms with Gasteiger partial charge in [-0.3, -0.25) is 0 Å². The highest BCUT2D eigenvalue weighted by atomic mass is 27.0. The molecule has 0 fully saturated rings. The molecule has 8 heavy (non-hydrogen) atoms. The van der Waals surface area contributed by atoms with Crippen LogP contribution in [0, 0.1) is 0 Å². The standard InChI is InChI=1S/C6H15N.Al.3H/c1-3-5-7-6-4-2;;;;/h7H,3-6H2,1-2H3;;;;. The van der Waals surface area contributed by atoms with Crippen LogP contribution in [0.25, 0.3) is 0 Å². The van der Waals surface area contributed by atoms with E-state index in [9.17, 15) is 0 Å². The lowest BCUT2D eigenvalue weighted by atomic mass is 10.4. The van der Waals surface area contributed by atoms with E-state index in [1.54, 1.807) is 0 Å². The molecule has 0 aromatic heterocycles. The van der Waals surface area contributed by atoms with Crippen molar-refractivity contribution in [3.63, 3.8) is 0 Å². The van der Waals surface area contributed by atoms with Crippen molar-refractivity contribution in [1.82, 2.24) is 5.32 Å². The second-order valence-electron chi connectivity index (χ2n) is 1.75. The molecule has 0 heterocycles. The van der Waals surface area contributed by atoms with E-state index in [4.69, 9.17) is 0 Å². The zero-order valence-electron chi connectivity index (χ0n) is 5.33. The molecule has 0 bridgehead atoms. The summed E-state index contributed by atoms with van der Waals surface area (Å²) in [5.41, 5.74) is 0. The molecule has 0 rings (SSSR count). The molecule has 0 aromatic carbocycles. The van der Waals surface area contributed by atoms with Crippen molar-refractivity contribution < 1.29 is 0 Å². The van der Waals surface area contributed by atoms with Gasteiger partial charge >= 0.3 is 0 Å². The van der Waals surface area contributed by atoms with Crippen molar-refractivity contribution in [1.29, 1.82) is 0 Å². The summed E-state index contributed by atoms with van der Waals surface area (Å²) in [6.45, 7) is 6.72. The van der Waals surface area contributed by atoms with Crippen LogP contribution in [-0.4, -0.2) is 30.5 Å². The Morgan fingerprint density at radius 1 is 1.00 bits per heavy atom. The third-order valence-corrected chi connectivity index (χ3v) is 0.854. The molecule has 0 aliphatic carbocycles. The molecule has 0 saturated heterocycles. The van der Waals surface area contributed by atoms with E-state index in [1.165, 1.54) is 25.9 Å². The second-order valence-corrected chi connectivity index (χ2v) is 1.75. The Kier molecular flexibility index (Phi) is 14.8. The van der Waals surface area contributed by atoms with Gasteiger partial charge in [-0.05, 0) is 25.9 Å². The fraction of sp³-hybridized carbons (Fsp3) is 1.00. The Morgan fingerprint density at radius 3 is 1.62 bits per heavy atom. The maximum absolute atomic E-state index is 3.28. The van der Waals surface area contributed by atoms with E-state index in [2.05, 4.69) is 19.2 Å². The number of rotatable bonds is 4. The van der Waals surface area contributed by atoms with Crippen molar-refractivity contribution in [2.24, 2.45) is 0 Å². The van der Waals surface area contributed by atoms with Crippen molar-refractivity contribution >= 4 is 17.4 Å². The van der Waals surface area contributed by atoms with Gasteiger partial charge in [0.05, 0.1) is 0 Å². The SMILES string of the molecule is CCCNCCC.[AlH3]. The van der Waals surface area contributed by atoms with Gasteiger partial charge in [0, 0.05) is 0 Å². The summed E-state index contributed by atoms with van der Waals surface area (Å²) in [7, 11) is 0. The van der Waals surface area contributed by atoms with Crippen LogP contribution in [0.5, 0.6) is 0 Å². The van der Waals surface area contributed by atoms with Gasteiger partial charge in [-0.15, -0.1) is 0 Å². The quantitative estimate of drug-likeness (QED) is 0.425. The Balaban J connectivity index is 0. The molecule has 0 aliphatic heterocycles. The van der Waals surface area contributed by atoms with E-state index < -0.39 is 0 Å². The van der Waals surface area contributed by atoms with Gasteiger partial charge in [-0.2, -0.15) is 0 Å². The predicted molar refractivity (Wildman–Crippen MR) is 43.4 cm³/mol. The molecular formula is C6H18AlN. The summed E-state index contributed by atoms with van der Waals surface area (Å²) in [4.78, 5) is 0. The summed E-state index contributed by atoms with van der Waals surface area (Å²) in [6.07, 6.45) is 2.50. The molecule has 0 aromatic rings. The van der Waals surface area contributed by atoms with Crippen LogP contribution in [0.1, 0.15) is 26.7 Å². The Labute approximate surface area is 63.0 Å². The first-order chi connectivity index (χ1) is 3.41. The molecular weight excluding hydrogens is 113 g/mol. The monoisotopic (exact) mass is 131 g/mol. The van der Waals surface area contributed by atoms with Gasteiger partial charge in [0.1, 0.15) is 0 Å². The Bertz CT molecular complexity index is 27.7. The van der Waals surface area contributed by atoms with Crippen molar-refractivity contribution in [3.05, 3.63) is 0 Å². The average Bonchev–Trinajstić information content (AvgIpc) is 1.69. The Morgan fingerprint density at radius 2 is 1.38 bits per heavy atom. The molecule has 50 valence electrons. The molecule has 0 radical (unpaired) electrons. The highest BCUT2D eigenvalue weighted by Crippen LogP contribution is 1.71. The lowest BCUT2D eigenvalue weighted by Gasteiger charge is -1.95. The van der Waals surface area contributed by atoms with Gasteiger partial charge in [-0.25, -0.2) is 0 Å². The summed E-state index contributed by atoms with van der Waals surface area (Å²) >= 11 is 0. The maximum Gasteiger partial charge on any atom is 0.187 e. The minimum atomic E-state index is 0. The lowest BCUT2D eigenvalue weighted by Crippen LogP contribution is -2.14. The van der Waals surface area contributed by atoms with Crippen LogP contribution < -0.4 is 5.32 Å². The molecule has 0 amide bonds. The normalized spacial score (nSPS) is 8.25. The number of hydrogen-bond donors (Lipinski definition) is 1. The topological polar surface area (TPSA) is 12.0 Å². The highest BCUT2D eigenvalue weighted by molar-refractivity contribution is 5.75. The summed E-state index contributed by atoms with van der Waals surface area (Å²) in [6, 6.07) is 0. The number of hydrogen-bond acceptors (Lipinski definition) is 1. The van der Waals surface area contributed by atoms with Crippen LogP contribution in [-0.2, 0) is 0 Å². The molecule has 0 atom stereocenters. The third kappa shape index (κ3) is 9.70. The smallest absolute Gasteiger partial charge is 0.187 e. The second kappa shape index (κ2) is 10.5. The first kappa shape index (κ1) is 11.3. The fourth-order valence-corrected chi connectivity index (χ4v) is 0.479. The predicted octanol–water partition coefficient (Wildman–Crippen LogP) is 0.212. The average molecular weight is 131 g/mol. The highest BCUT2D eigenvalue weighted by Gasteiger charge is 1.76. The lowest BCUT2D eigenvalue weighted by molar-refractivity contribution is 0.662. The maximum atomic E-state index is 3.28. The van der Waals surface area contributed by atoms with Crippen LogP contribution in [0.2, 0.25) is 0 Å². The first-order valence-electron chi connectivity index (χ1n) is 3.12. The van der Waals surface area contributed by atoms with Gasteiger partial charge in [-0.1, -0.05) is 13.8 Å². The molecule has 1 nitrogen and oxygen atoms in total. The number of nitrogens with one attached hydrogen (secondary N) is 1. The molecule has 0 aliphatic rings. The summed E-state index contributed by atoms with van der Waals surface area (Å²) in [5, 5.41) is 3.28. The van der Waals surface area contributed by atoms with Crippen LogP contribution >= 0.6 is 0 Å². The molecule has 0 saturated carbocycles. The van der Waals surface area contributed by atoms with Crippen LogP contribution in [0.15, 0.2) is 0 Å². The molecule has 2 heteroatoms. The minimum absolute atomic E-state index is 0. The van der Waals surface area contributed by atoms with Crippen molar-refractivity contribution in [2.45, 2.75) is 26.7 Å². The van der Waals surface area contributed by atoms with E-state index in [0.29, 0.717) is 0 Å². The Hall–Kier alpha value is 0.492. The fourth-order valence-electron chi connectivity index (χ4n) is 0.479. The summed E-state index contributed by atoms with van der Waals surface area (Å²) < 4.78 is 0. The van der Waals surface area contributed by atoms with Crippen molar-refractivity contribution in [3.8, 4) is 0 Å². The third-order valence-electron chi connectivity index (χ3n) is 0.854. The molecule has 1 N–H and O–H groups in total. The zero-order valence-corrected chi connectivity index (χ0v) is 5.33. The van der Waals surface area contributed by atoms with E-state index in [0.717, 1.165) is 0 Å². The minimum Gasteiger partial charge on any atom is -0.317 e. The van der Waals surface area contributed by atoms with Crippen LogP contribution in [0.3, 0.4) is 0 Å². The zero-order chi connectivity index (χ0) is 5.54. The molecule has 0 spiro atoms. The van der Waals surface area contributed by atoms with Gasteiger partial charge in [0.15, 0.2) is 17.4 Å². The van der Waals surface area contributed by atoms with Gasteiger partial charge in [0.25, 0.3) is 0 Å². The van der Waals surface area contributed by atoms with Gasteiger partial charge < -0.3 is 5.32 Å². The van der Waals surface area contributed by atoms with Crippen molar-refractivity contribution in [2.75, 3.05) is 13.1 Å². The van der Waals surface area contributed by atoms with Gasteiger partial charge in [0.2, 0.25) is 0 Å². The molecule has 0 unspecified atom stereocenters.